The van der Waals surface area contributed by atoms with E-state index in [1.165, 1.54) is 0 Å². The molecule has 0 saturated carbocycles. The minimum absolute atomic E-state index is 0.573. The summed E-state index contributed by atoms with van der Waals surface area (Å²) in [5.41, 5.74) is 4.56. The van der Waals surface area contributed by atoms with Gasteiger partial charge in [-0.3, -0.25) is 10.4 Å². The van der Waals surface area contributed by atoms with E-state index in [0.717, 1.165) is 35.7 Å². The number of nitrogens with zero attached hydrogens (tertiary/aromatic N) is 1. The summed E-state index contributed by atoms with van der Waals surface area (Å²) in [5.74, 6) is 5.99. The number of rotatable bonds is 4. The first-order valence-electron chi connectivity index (χ1n) is 5.71. The molecule has 0 heterocycles. The van der Waals surface area contributed by atoms with E-state index in [-0.39, 0.29) is 0 Å². The van der Waals surface area contributed by atoms with Crippen LogP contribution in [-0.2, 0) is 0 Å². The van der Waals surface area contributed by atoms with Gasteiger partial charge in [-0.05, 0) is 37.1 Å². The zero-order valence-electron chi connectivity index (χ0n) is 10.3. The Kier molecular flexibility index (Phi) is 5.80. The van der Waals surface area contributed by atoms with Crippen LogP contribution < -0.4 is 16.6 Å². The molecule has 0 saturated heterocycles. The summed E-state index contributed by atoms with van der Waals surface area (Å²) in [6.07, 6.45) is 2.16. The van der Waals surface area contributed by atoms with E-state index in [1.54, 1.807) is 0 Å². The lowest BCUT2D eigenvalue weighted by Gasteiger charge is -2.11. The molecule has 1 aromatic carbocycles. The monoisotopic (exact) mass is 254 g/mol. The van der Waals surface area contributed by atoms with Gasteiger partial charge in [0.15, 0.2) is 0 Å². The smallest absolute Gasteiger partial charge is 0.210 e. The number of guanidine groups is 1. The van der Waals surface area contributed by atoms with E-state index in [0.29, 0.717) is 5.96 Å². The van der Waals surface area contributed by atoms with Gasteiger partial charge < -0.3 is 5.32 Å². The van der Waals surface area contributed by atoms with E-state index < -0.39 is 0 Å². The third-order valence-corrected chi connectivity index (χ3v) is 2.59. The zero-order chi connectivity index (χ0) is 12.7. The topological polar surface area (TPSA) is 62.4 Å². The second-order valence-corrected chi connectivity index (χ2v) is 4.25. The number of aryl methyl sites for hydroxylation is 1. The maximum Gasteiger partial charge on any atom is 0.210 e. The Morgan fingerprint density at radius 1 is 1.47 bits per heavy atom. The molecule has 0 atom stereocenters. The number of halogens is 1. The Morgan fingerprint density at radius 3 is 2.82 bits per heavy atom. The highest BCUT2D eigenvalue weighted by Crippen LogP contribution is 2.19. The van der Waals surface area contributed by atoms with Crippen LogP contribution in [0.15, 0.2) is 23.2 Å². The van der Waals surface area contributed by atoms with Gasteiger partial charge in [-0.2, -0.15) is 0 Å². The molecule has 0 aliphatic heterocycles. The van der Waals surface area contributed by atoms with Crippen LogP contribution in [-0.4, -0.2) is 12.5 Å². The first-order valence-corrected chi connectivity index (χ1v) is 6.09. The van der Waals surface area contributed by atoms with E-state index in [4.69, 9.17) is 17.4 Å². The SMILES string of the molecule is CCCCN=C(NN)Nc1ccc(Cl)cc1C. The molecule has 1 aromatic rings. The molecule has 94 valence electrons. The maximum atomic E-state index is 5.89. The number of anilines is 1. The highest BCUT2D eigenvalue weighted by Gasteiger charge is 2.01. The molecule has 1 rings (SSSR count). The van der Waals surface area contributed by atoms with E-state index in [1.807, 2.05) is 25.1 Å². The van der Waals surface area contributed by atoms with Crippen LogP contribution in [0.3, 0.4) is 0 Å². The largest absolute Gasteiger partial charge is 0.325 e. The standard InChI is InChI=1S/C12H19ClN4/c1-3-4-7-15-12(17-14)16-11-6-5-10(13)8-9(11)2/h5-6,8H,3-4,7,14H2,1-2H3,(H2,15,16,17). The predicted molar refractivity (Wildman–Crippen MR) is 74.3 cm³/mol. The molecule has 0 aliphatic rings. The van der Waals surface area contributed by atoms with Gasteiger partial charge in [-0.25, -0.2) is 5.84 Å². The minimum atomic E-state index is 0.573. The average molecular weight is 255 g/mol. The third-order valence-electron chi connectivity index (χ3n) is 2.36. The summed E-state index contributed by atoms with van der Waals surface area (Å²) in [7, 11) is 0. The van der Waals surface area contributed by atoms with Crippen molar-refractivity contribution < 1.29 is 0 Å². The van der Waals surface area contributed by atoms with Gasteiger partial charge in [0.1, 0.15) is 0 Å². The van der Waals surface area contributed by atoms with E-state index in [2.05, 4.69) is 22.7 Å². The van der Waals surface area contributed by atoms with Gasteiger partial charge in [0, 0.05) is 17.3 Å². The average Bonchev–Trinajstić information content (AvgIpc) is 2.31. The highest BCUT2D eigenvalue weighted by molar-refractivity contribution is 6.30. The summed E-state index contributed by atoms with van der Waals surface area (Å²) >= 11 is 5.89. The highest BCUT2D eigenvalue weighted by atomic mass is 35.5. The quantitative estimate of drug-likeness (QED) is 0.255. The van der Waals surface area contributed by atoms with Crippen LogP contribution in [0.5, 0.6) is 0 Å². The summed E-state index contributed by atoms with van der Waals surface area (Å²) in [6.45, 7) is 4.87. The van der Waals surface area contributed by atoms with Crippen molar-refractivity contribution in [1.82, 2.24) is 5.43 Å². The van der Waals surface area contributed by atoms with Crippen LogP contribution in [0.4, 0.5) is 5.69 Å². The maximum absolute atomic E-state index is 5.89. The molecular weight excluding hydrogens is 236 g/mol. The fourth-order valence-corrected chi connectivity index (χ4v) is 1.59. The first kappa shape index (κ1) is 13.8. The Morgan fingerprint density at radius 2 is 2.24 bits per heavy atom. The molecule has 0 amide bonds. The molecule has 0 fully saturated rings. The van der Waals surface area contributed by atoms with Crippen molar-refractivity contribution in [1.29, 1.82) is 0 Å². The van der Waals surface area contributed by atoms with Crippen molar-refractivity contribution in [3.8, 4) is 0 Å². The van der Waals surface area contributed by atoms with Crippen molar-refractivity contribution >= 4 is 23.2 Å². The summed E-state index contributed by atoms with van der Waals surface area (Å²) in [6, 6.07) is 5.63. The molecule has 0 radical (unpaired) electrons. The summed E-state index contributed by atoms with van der Waals surface area (Å²) in [5, 5.41) is 3.86. The summed E-state index contributed by atoms with van der Waals surface area (Å²) in [4.78, 5) is 4.33. The number of aliphatic imine (C=N–C) groups is 1. The van der Waals surface area contributed by atoms with Crippen LogP contribution >= 0.6 is 11.6 Å². The second-order valence-electron chi connectivity index (χ2n) is 3.81. The molecule has 17 heavy (non-hydrogen) atoms. The van der Waals surface area contributed by atoms with Crippen LogP contribution in [0.1, 0.15) is 25.3 Å². The van der Waals surface area contributed by atoms with Crippen LogP contribution in [0.2, 0.25) is 5.02 Å². The number of unbranched alkanes of at least 4 members (excludes halogenated alkanes) is 1. The second kappa shape index (κ2) is 7.14. The number of hydrogen-bond donors (Lipinski definition) is 3. The van der Waals surface area contributed by atoms with Gasteiger partial charge in [-0.15, -0.1) is 0 Å². The lowest BCUT2D eigenvalue weighted by Crippen LogP contribution is -2.36. The number of nitrogens with two attached hydrogens (primary N) is 1. The molecular formula is C12H19ClN4. The van der Waals surface area contributed by atoms with Crippen molar-refractivity contribution in [3.05, 3.63) is 28.8 Å². The predicted octanol–water partition coefficient (Wildman–Crippen LogP) is 2.68. The Labute approximate surface area is 107 Å². The molecule has 0 aromatic heterocycles. The summed E-state index contributed by atoms with van der Waals surface area (Å²) < 4.78 is 0. The minimum Gasteiger partial charge on any atom is -0.325 e. The van der Waals surface area contributed by atoms with Crippen molar-refractivity contribution in [3.63, 3.8) is 0 Å². The van der Waals surface area contributed by atoms with E-state index in [9.17, 15) is 0 Å². The van der Waals surface area contributed by atoms with Gasteiger partial charge >= 0.3 is 0 Å². The third kappa shape index (κ3) is 4.63. The number of nitrogens with one attached hydrogen (secondary N) is 2. The normalized spacial score (nSPS) is 11.4. The lowest BCUT2D eigenvalue weighted by molar-refractivity contribution is 0.801. The molecule has 0 unspecified atom stereocenters. The van der Waals surface area contributed by atoms with Gasteiger partial charge in [0.05, 0.1) is 0 Å². The number of benzene rings is 1. The van der Waals surface area contributed by atoms with Crippen LogP contribution in [0, 0.1) is 6.92 Å². The zero-order valence-corrected chi connectivity index (χ0v) is 11.0. The molecule has 4 N–H and O–H groups in total. The number of hydrazine groups is 1. The fraction of sp³-hybridized carbons (Fsp3) is 0.417. The molecule has 4 nitrogen and oxygen atoms in total. The van der Waals surface area contributed by atoms with Crippen molar-refractivity contribution in [2.75, 3.05) is 11.9 Å². The number of hydrogen-bond acceptors (Lipinski definition) is 2. The van der Waals surface area contributed by atoms with Gasteiger partial charge in [0.2, 0.25) is 5.96 Å². The van der Waals surface area contributed by atoms with Crippen molar-refractivity contribution in [2.24, 2.45) is 10.8 Å². The van der Waals surface area contributed by atoms with Gasteiger partial charge in [-0.1, -0.05) is 24.9 Å². The molecule has 0 spiro atoms. The van der Waals surface area contributed by atoms with E-state index >= 15 is 0 Å². The van der Waals surface area contributed by atoms with Crippen molar-refractivity contribution in [2.45, 2.75) is 26.7 Å². The first-order chi connectivity index (χ1) is 8.17. The van der Waals surface area contributed by atoms with Crippen LogP contribution in [0.25, 0.3) is 0 Å². The molecule has 0 bridgehead atoms. The Balaban J connectivity index is 2.70. The fourth-order valence-electron chi connectivity index (χ4n) is 1.37. The van der Waals surface area contributed by atoms with Gasteiger partial charge in [0.25, 0.3) is 0 Å². The lowest BCUT2D eigenvalue weighted by atomic mass is 10.2. The Bertz CT molecular complexity index is 390. The molecule has 5 heteroatoms. The Hall–Kier alpha value is -1.26. The molecule has 0 aliphatic carbocycles.